The number of carbonyl (C=O) groups is 1. The molecule has 0 fully saturated rings. The summed E-state index contributed by atoms with van der Waals surface area (Å²) >= 11 is 9.03. The Kier molecular flexibility index (Phi) is 6.70. The van der Waals surface area contributed by atoms with Crippen molar-refractivity contribution >= 4 is 44.9 Å². The normalized spacial score (nSPS) is 16.2. The maximum absolute atomic E-state index is 12.9. The minimum atomic E-state index is -0.488. The first-order chi connectivity index (χ1) is 13.5. The fourth-order valence-corrected chi connectivity index (χ4v) is 3.75. The van der Waals surface area contributed by atoms with Crippen molar-refractivity contribution in [1.29, 1.82) is 0 Å². The first-order valence-electron chi connectivity index (χ1n) is 9.01. The van der Waals surface area contributed by atoms with E-state index in [1.165, 1.54) is 0 Å². The van der Waals surface area contributed by atoms with Crippen molar-refractivity contribution in [1.82, 2.24) is 10.6 Å². The molecule has 3 rings (SSSR count). The highest BCUT2D eigenvalue weighted by atomic mass is 79.9. The maximum Gasteiger partial charge on any atom is 0.338 e. The predicted octanol–water partition coefficient (Wildman–Crippen LogP) is 4.34. The van der Waals surface area contributed by atoms with E-state index in [0.717, 1.165) is 21.3 Å². The molecular weight excluding hydrogens is 440 g/mol. The van der Waals surface area contributed by atoms with Crippen LogP contribution in [0.15, 0.2) is 58.6 Å². The number of thiocarbonyl (C=S) groups is 1. The molecule has 5 nitrogen and oxygen atoms in total. The van der Waals surface area contributed by atoms with Crippen LogP contribution >= 0.6 is 28.1 Å². The average molecular weight is 461 g/mol. The monoisotopic (exact) mass is 460 g/mol. The van der Waals surface area contributed by atoms with Crippen LogP contribution < -0.4 is 15.4 Å². The molecular formula is C21H21BrN2O3S. The summed E-state index contributed by atoms with van der Waals surface area (Å²) in [7, 11) is 0. The van der Waals surface area contributed by atoms with E-state index >= 15 is 0 Å². The number of ether oxygens (including phenoxy) is 2. The Morgan fingerprint density at radius 2 is 1.89 bits per heavy atom. The van der Waals surface area contributed by atoms with E-state index in [1.54, 1.807) is 6.92 Å². The lowest BCUT2D eigenvalue weighted by molar-refractivity contribution is -0.138. The van der Waals surface area contributed by atoms with Gasteiger partial charge in [-0.25, -0.2) is 4.79 Å². The van der Waals surface area contributed by atoms with Gasteiger partial charge in [-0.15, -0.1) is 0 Å². The fourth-order valence-electron chi connectivity index (χ4n) is 3.06. The molecule has 7 heteroatoms. The summed E-state index contributed by atoms with van der Waals surface area (Å²) in [5.74, 6) is 0.319. The number of nitrogens with one attached hydrogen (secondary N) is 2. The van der Waals surface area contributed by atoms with Gasteiger partial charge in [0.1, 0.15) is 5.75 Å². The summed E-state index contributed by atoms with van der Waals surface area (Å²) in [6, 6.07) is 14.8. The number of hydrogen-bond acceptors (Lipinski definition) is 4. The number of carbonyl (C=O) groups excluding carboxylic acids is 1. The second-order valence-corrected chi connectivity index (χ2v) is 7.29. The van der Waals surface area contributed by atoms with Crippen LogP contribution in [0.2, 0.25) is 0 Å². The standard InChI is InChI=1S/C21H21BrN2O3S/c1-3-26-14-10-11-16(22)15(12-14)19-17(20(25)27-4-2)18(23-21(28)24-19)13-8-6-5-7-9-13/h5-12,19H,3-4H2,1-2H3,(H2,23,24,28)/t19-/m0/s1. The SMILES string of the molecule is CCOC(=O)C1=C(c2ccccc2)NC(=S)N[C@H]1c1cc(OCC)ccc1Br. The van der Waals surface area contributed by atoms with Crippen molar-refractivity contribution in [2.24, 2.45) is 0 Å². The number of esters is 1. The van der Waals surface area contributed by atoms with Crippen LogP contribution in [0.1, 0.15) is 31.0 Å². The Bertz CT molecular complexity index is 915. The zero-order valence-electron chi connectivity index (χ0n) is 15.6. The van der Waals surface area contributed by atoms with E-state index < -0.39 is 12.0 Å². The minimum absolute atomic E-state index is 0.279. The molecule has 1 aliphatic rings. The van der Waals surface area contributed by atoms with Crippen molar-refractivity contribution in [3.8, 4) is 5.75 Å². The second kappa shape index (κ2) is 9.21. The highest BCUT2D eigenvalue weighted by Gasteiger charge is 2.34. The fraction of sp³-hybridized carbons (Fsp3) is 0.238. The molecule has 0 unspecified atom stereocenters. The molecule has 28 heavy (non-hydrogen) atoms. The summed E-state index contributed by atoms with van der Waals surface area (Å²) in [5, 5.41) is 6.78. The van der Waals surface area contributed by atoms with Crippen LogP contribution in [0.25, 0.3) is 5.70 Å². The van der Waals surface area contributed by atoms with Gasteiger partial charge in [-0.2, -0.15) is 0 Å². The second-order valence-electron chi connectivity index (χ2n) is 6.02. The van der Waals surface area contributed by atoms with E-state index in [9.17, 15) is 4.79 Å². The molecule has 0 saturated heterocycles. The highest BCUT2D eigenvalue weighted by molar-refractivity contribution is 9.10. The van der Waals surface area contributed by atoms with E-state index in [-0.39, 0.29) is 6.61 Å². The zero-order valence-corrected chi connectivity index (χ0v) is 18.0. The van der Waals surface area contributed by atoms with E-state index in [0.29, 0.717) is 23.0 Å². The lowest BCUT2D eigenvalue weighted by Gasteiger charge is -2.32. The van der Waals surface area contributed by atoms with Crippen LogP contribution in [0.4, 0.5) is 0 Å². The lowest BCUT2D eigenvalue weighted by Crippen LogP contribution is -2.45. The van der Waals surface area contributed by atoms with Crippen molar-refractivity contribution in [3.05, 3.63) is 69.7 Å². The first kappa shape index (κ1) is 20.4. The number of hydrogen-bond donors (Lipinski definition) is 2. The molecule has 2 aromatic rings. The van der Waals surface area contributed by atoms with E-state index in [4.69, 9.17) is 21.7 Å². The third kappa shape index (κ3) is 4.36. The topological polar surface area (TPSA) is 59.6 Å². The molecule has 2 N–H and O–H groups in total. The third-order valence-corrected chi connectivity index (χ3v) is 5.16. The molecule has 0 amide bonds. The molecule has 1 heterocycles. The van der Waals surface area contributed by atoms with Crippen LogP contribution in [-0.2, 0) is 9.53 Å². The molecule has 0 saturated carbocycles. The van der Waals surface area contributed by atoms with E-state index in [2.05, 4.69) is 26.6 Å². The first-order valence-corrected chi connectivity index (χ1v) is 10.2. The van der Waals surface area contributed by atoms with Crippen LogP contribution in [0.5, 0.6) is 5.75 Å². The summed E-state index contributed by atoms with van der Waals surface area (Å²) in [4.78, 5) is 12.9. The number of halogens is 1. The summed E-state index contributed by atoms with van der Waals surface area (Å²) in [5.41, 5.74) is 2.81. The molecule has 2 aromatic carbocycles. The molecule has 0 radical (unpaired) electrons. The Balaban J connectivity index is 2.19. The van der Waals surface area contributed by atoms with Gasteiger partial charge in [0.15, 0.2) is 5.11 Å². The van der Waals surface area contributed by atoms with Gasteiger partial charge in [-0.1, -0.05) is 46.3 Å². The van der Waals surface area contributed by atoms with Crippen molar-refractivity contribution in [3.63, 3.8) is 0 Å². The zero-order chi connectivity index (χ0) is 20.1. The van der Waals surface area contributed by atoms with Crippen LogP contribution in [0.3, 0.4) is 0 Å². The molecule has 1 aliphatic heterocycles. The van der Waals surface area contributed by atoms with Gasteiger partial charge in [0.2, 0.25) is 0 Å². The Morgan fingerprint density at radius 3 is 2.57 bits per heavy atom. The Labute approximate surface area is 178 Å². The van der Waals surface area contributed by atoms with Gasteiger partial charge in [-0.05, 0) is 55.4 Å². The summed E-state index contributed by atoms with van der Waals surface area (Å²) in [6.45, 7) is 4.55. The van der Waals surface area contributed by atoms with Gasteiger partial charge in [0.25, 0.3) is 0 Å². The Morgan fingerprint density at radius 1 is 1.14 bits per heavy atom. The van der Waals surface area contributed by atoms with Gasteiger partial charge in [0, 0.05) is 4.47 Å². The quantitative estimate of drug-likeness (QED) is 0.493. The van der Waals surface area contributed by atoms with E-state index in [1.807, 2.05) is 55.5 Å². The van der Waals surface area contributed by atoms with Crippen molar-refractivity contribution in [2.75, 3.05) is 13.2 Å². The molecule has 1 atom stereocenters. The number of rotatable bonds is 6. The minimum Gasteiger partial charge on any atom is -0.494 e. The van der Waals surface area contributed by atoms with Crippen LogP contribution in [-0.4, -0.2) is 24.3 Å². The maximum atomic E-state index is 12.9. The predicted molar refractivity (Wildman–Crippen MR) is 117 cm³/mol. The molecule has 0 spiro atoms. The molecule has 0 bridgehead atoms. The highest BCUT2D eigenvalue weighted by Crippen LogP contribution is 2.37. The smallest absolute Gasteiger partial charge is 0.338 e. The molecule has 146 valence electrons. The largest absolute Gasteiger partial charge is 0.494 e. The summed E-state index contributed by atoms with van der Waals surface area (Å²) in [6.07, 6.45) is 0. The summed E-state index contributed by atoms with van der Waals surface area (Å²) < 4.78 is 11.9. The molecule has 0 aromatic heterocycles. The van der Waals surface area contributed by atoms with Crippen molar-refractivity contribution in [2.45, 2.75) is 19.9 Å². The third-order valence-electron chi connectivity index (χ3n) is 4.22. The van der Waals surface area contributed by atoms with Crippen LogP contribution in [0, 0.1) is 0 Å². The number of benzene rings is 2. The molecule has 0 aliphatic carbocycles. The average Bonchev–Trinajstić information content (AvgIpc) is 2.70. The van der Waals surface area contributed by atoms with Gasteiger partial charge in [-0.3, -0.25) is 0 Å². The van der Waals surface area contributed by atoms with Crippen molar-refractivity contribution < 1.29 is 14.3 Å². The van der Waals surface area contributed by atoms with Gasteiger partial charge < -0.3 is 20.1 Å². The van der Waals surface area contributed by atoms with Gasteiger partial charge >= 0.3 is 5.97 Å². The Hall–Kier alpha value is -2.38. The van der Waals surface area contributed by atoms with Gasteiger partial charge in [0.05, 0.1) is 30.5 Å². The lowest BCUT2D eigenvalue weighted by atomic mass is 9.92.